The molecule has 1 saturated heterocycles. The van der Waals surface area contributed by atoms with Crippen molar-refractivity contribution in [3.63, 3.8) is 0 Å². The Bertz CT molecular complexity index is 1920. The first-order valence-electron chi connectivity index (χ1n) is 14.4. The van der Waals surface area contributed by atoms with Crippen molar-refractivity contribution in [2.24, 2.45) is 23.3 Å². The predicted octanol–water partition coefficient (Wildman–Crippen LogP) is 9.88. The molecule has 0 bridgehead atoms. The van der Waals surface area contributed by atoms with Gasteiger partial charge in [0.25, 0.3) is 5.91 Å². The van der Waals surface area contributed by atoms with E-state index < -0.39 is 5.54 Å². The fraction of sp³-hybridized carbons (Fsp3) is 0.395. The van der Waals surface area contributed by atoms with E-state index in [2.05, 4.69) is 127 Å². The van der Waals surface area contributed by atoms with Crippen molar-refractivity contribution in [1.29, 1.82) is 0 Å². The smallest absolute Gasteiger partial charge is 0.255 e. The number of carbonyl (C=O) groups is 1. The van der Waals surface area contributed by atoms with E-state index in [0.717, 1.165) is 38.4 Å². The zero-order valence-electron chi connectivity index (χ0n) is 28.8. The average molecular weight is 764 g/mol. The molecule has 3 aromatic carbocycles. The van der Waals surface area contributed by atoms with Crippen LogP contribution in [-0.2, 0) is 38.4 Å². The number of para-hydroxylation sites is 2. The Morgan fingerprint density at radius 1 is 0.750 bits per heavy atom. The van der Waals surface area contributed by atoms with Gasteiger partial charge in [-0.25, -0.2) is 6.61 Å². The number of hydrogen-bond donors (Lipinski definition) is 0. The average Bonchev–Trinajstić information content (AvgIpc) is 3.44. The monoisotopic (exact) mass is 763 g/mol. The van der Waals surface area contributed by atoms with Crippen LogP contribution in [0.2, 0.25) is 0 Å². The van der Waals surface area contributed by atoms with Crippen LogP contribution in [0.4, 0.5) is 0 Å². The first-order valence-corrected chi connectivity index (χ1v) is 14.4. The number of carbonyl (C=O) groups excluding carboxylic acids is 1. The number of aromatic nitrogens is 2. The fourth-order valence-corrected chi connectivity index (χ4v) is 7.66. The van der Waals surface area contributed by atoms with E-state index in [1.807, 2.05) is 11.9 Å². The van der Waals surface area contributed by atoms with Gasteiger partial charge in [0.15, 0.2) is 0 Å². The Hall–Kier alpha value is -2.62. The Morgan fingerprint density at radius 3 is 1.86 bits per heavy atom. The van der Waals surface area contributed by atoms with Crippen LogP contribution in [0.5, 0.6) is 0 Å². The van der Waals surface area contributed by atoms with Gasteiger partial charge < -0.3 is 41.1 Å². The molecule has 2 aromatic heterocycles. The zero-order chi connectivity index (χ0) is 28.7. The van der Waals surface area contributed by atoms with Crippen molar-refractivity contribution in [2.45, 2.75) is 67.2 Å². The van der Waals surface area contributed by atoms with Crippen molar-refractivity contribution < 1.29 is 30.6 Å². The molecule has 0 spiro atoms. The molecule has 4 heterocycles. The number of fused-ring (bicyclic) bond motifs is 10. The molecule has 1 fully saturated rings. The van der Waals surface area contributed by atoms with Crippen LogP contribution in [0.3, 0.4) is 0 Å². The van der Waals surface area contributed by atoms with Gasteiger partial charge in [0, 0.05) is 73.2 Å². The number of amides is 1. The number of aryl methyl sites for hydroxylation is 1. The van der Waals surface area contributed by atoms with Gasteiger partial charge in [-0.05, 0) is 31.4 Å². The molecule has 238 valence electrons. The van der Waals surface area contributed by atoms with Gasteiger partial charge in [-0.1, -0.05) is 77.9 Å². The van der Waals surface area contributed by atoms with Crippen LogP contribution in [0.1, 0.15) is 77.5 Å². The van der Waals surface area contributed by atoms with Gasteiger partial charge in [-0.3, -0.25) is 4.79 Å². The minimum atomic E-state index is -0.452. The molecular formula is C38H49N3O2W-4. The van der Waals surface area contributed by atoms with E-state index in [0.29, 0.717) is 0 Å². The molecule has 44 heavy (non-hydrogen) atoms. The summed E-state index contributed by atoms with van der Waals surface area (Å²) in [6, 6.07) is 17.2. The van der Waals surface area contributed by atoms with Gasteiger partial charge >= 0.3 is 0 Å². The molecule has 6 heteroatoms. The summed E-state index contributed by atoms with van der Waals surface area (Å²) in [4.78, 5) is 16.2. The third-order valence-corrected chi connectivity index (χ3v) is 11.5. The summed E-state index contributed by atoms with van der Waals surface area (Å²) in [6.07, 6.45) is -0.264. The molecule has 7 rings (SSSR count). The maximum Gasteiger partial charge on any atom is 0.255 e. The van der Waals surface area contributed by atoms with Gasteiger partial charge in [0.2, 0.25) is 0 Å². The number of nitrogens with zero attached hydrogens (tertiary/aromatic N) is 3. The maximum absolute atomic E-state index is 14.2. The van der Waals surface area contributed by atoms with E-state index in [1.54, 1.807) is 0 Å². The largest absolute Gasteiger partial charge is 0.533 e. The van der Waals surface area contributed by atoms with Crippen LogP contribution in [0, 0.1) is 45.1 Å². The van der Waals surface area contributed by atoms with Crippen LogP contribution in [-0.4, -0.2) is 27.0 Å². The quantitative estimate of drug-likeness (QED) is 0.160. The van der Waals surface area contributed by atoms with Gasteiger partial charge in [0.1, 0.15) is 6.23 Å². The summed E-state index contributed by atoms with van der Waals surface area (Å²) in [5.74, 6) is 0.0829. The maximum atomic E-state index is 14.2. The summed E-state index contributed by atoms with van der Waals surface area (Å²) < 4.78 is 11.6. The van der Waals surface area contributed by atoms with Gasteiger partial charge in [-0.15, -0.1) is 5.41 Å². The van der Waals surface area contributed by atoms with Crippen LogP contribution in [0.25, 0.3) is 43.6 Å². The van der Waals surface area contributed by atoms with E-state index in [-0.39, 0.29) is 71.7 Å². The van der Waals surface area contributed by atoms with Crippen LogP contribution >= 0.6 is 0 Å². The normalized spacial score (nSPS) is 21.0. The molecule has 1 amide bonds. The molecule has 1 atom stereocenters. The van der Waals surface area contributed by atoms with Crippen molar-refractivity contribution in [2.75, 3.05) is 7.05 Å². The topological polar surface area (TPSA) is 39.4 Å². The van der Waals surface area contributed by atoms with E-state index in [1.165, 1.54) is 16.3 Å². The Labute approximate surface area is 279 Å². The Balaban J connectivity index is 0.00000132. The number of ether oxygens (including phenoxy) is 1. The van der Waals surface area contributed by atoms with Gasteiger partial charge in [0.05, 0.1) is 27.7 Å². The fourth-order valence-electron chi connectivity index (χ4n) is 7.66. The van der Waals surface area contributed by atoms with Gasteiger partial charge in [-0.2, -0.15) is 0 Å². The van der Waals surface area contributed by atoms with E-state index in [9.17, 15) is 4.79 Å². The number of rotatable bonds is 1. The molecule has 1 unspecified atom stereocenters. The Morgan fingerprint density at radius 2 is 1.27 bits per heavy atom. The first kappa shape index (κ1) is 35.9. The molecule has 0 saturated carbocycles. The summed E-state index contributed by atoms with van der Waals surface area (Å²) >= 11 is 0. The predicted molar refractivity (Wildman–Crippen MR) is 184 cm³/mol. The van der Waals surface area contributed by atoms with E-state index in [4.69, 9.17) is 4.74 Å². The molecule has 0 aliphatic carbocycles. The van der Waals surface area contributed by atoms with Crippen molar-refractivity contribution >= 4 is 49.5 Å². The summed E-state index contributed by atoms with van der Waals surface area (Å²) in [5.41, 5.74) is 5.57. The minimum absolute atomic E-state index is 0. The minimum Gasteiger partial charge on any atom is -0.533 e. The van der Waals surface area contributed by atoms with Crippen LogP contribution < -0.4 is 0 Å². The number of hydrogen-bond acceptors (Lipinski definition) is 2. The third kappa shape index (κ3) is 3.94. The van der Waals surface area contributed by atoms with Crippen LogP contribution in [0.15, 0.2) is 48.5 Å². The Kier molecular flexibility index (Phi) is 8.75. The van der Waals surface area contributed by atoms with E-state index >= 15 is 0 Å². The van der Waals surface area contributed by atoms with Crippen molar-refractivity contribution in [3.8, 4) is 0 Å². The van der Waals surface area contributed by atoms with Crippen molar-refractivity contribution in [3.05, 3.63) is 88.5 Å². The second-order valence-corrected chi connectivity index (χ2v) is 14.3. The second kappa shape index (κ2) is 10.7. The number of benzene rings is 3. The van der Waals surface area contributed by atoms with Crippen molar-refractivity contribution in [1.82, 2.24) is 14.0 Å². The standard InChI is InChI=1S/C35H40N3O2.3CH3.W/c1-32(2)19-40-31(33(3,4)35(32,7)8)38-23-18-14-12-16-21(23)24-26-27(34(5,6)37(10)30(26)39)25-20-15-11-13-17-22(20)36(9)28(25)29(24)38;;;;/h11-19,31H,1-10H3;3*1H3;/q4*-1;. The second-order valence-electron chi connectivity index (χ2n) is 14.3. The molecule has 2 aliphatic heterocycles. The first-order chi connectivity index (χ1) is 18.7. The SMILES string of the molecule is CN1C(=O)c2c(c3c4ccccc4n(C)c3c3c2c2ccccc2n3C2O[CH-]C(C)(C)C(C)(C)C2(C)C)C1(C)C.[CH3-].[CH3-].[CH3-].[W]. The molecule has 2 aliphatic rings. The summed E-state index contributed by atoms with van der Waals surface area (Å²) in [6.45, 7) is 20.3. The summed E-state index contributed by atoms with van der Waals surface area (Å²) in [7, 11) is 4.11. The third-order valence-electron chi connectivity index (χ3n) is 11.5. The zero-order valence-corrected chi connectivity index (χ0v) is 31.8. The molecule has 0 N–H and O–H groups in total. The molecule has 5 aromatic rings. The molecule has 0 radical (unpaired) electrons. The molecule has 5 nitrogen and oxygen atoms in total. The molecular weight excluding hydrogens is 714 g/mol. The summed E-state index contributed by atoms with van der Waals surface area (Å²) in [5, 5.41) is 4.49.